The zero-order valence-electron chi connectivity index (χ0n) is 45.3. The number of piperidine rings is 4. The van der Waals surface area contributed by atoms with E-state index in [0.717, 1.165) is 113 Å². The van der Waals surface area contributed by atoms with Gasteiger partial charge in [0.1, 0.15) is 36.1 Å². The summed E-state index contributed by atoms with van der Waals surface area (Å²) in [6, 6.07) is 1.18. The van der Waals surface area contributed by atoms with E-state index < -0.39 is 11.2 Å². The fraction of sp³-hybridized carbons (Fsp3) is 0.720. The van der Waals surface area contributed by atoms with E-state index in [1.54, 1.807) is 29.8 Å². The van der Waals surface area contributed by atoms with Gasteiger partial charge < -0.3 is 49.6 Å². The number of likely N-dealkylation sites (tertiary alicyclic amines) is 4. The van der Waals surface area contributed by atoms with Crippen molar-refractivity contribution in [3.05, 3.63) is 36.2 Å². The van der Waals surface area contributed by atoms with Gasteiger partial charge in [0, 0.05) is 75.6 Å². The van der Waals surface area contributed by atoms with Gasteiger partial charge in [-0.1, -0.05) is 27.7 Å². The Morgan fingerprint density at radius 3 is 1.52 bits per heavy atom. The van der Waals surface area contributed by atoms with Crippen LogP contribution in [0.15, 0.2) is 25.0 Å². The van der Waals surface area contributed by atoms with Gasteiger partial charge in [0.25, 0.3) is 5.95 Å². The number of hydrogen-bond donors (Lipinski definition) is 2. The minimum Gasteiger partial charge on any atom is -0.460 e. The molecule has 23 heteroatoms. The number of carbonyl (C=O) groups is 2. The van der Waals surface area contributed by atoms with E-state index in [9.17, 15) is 9.59 Å². The molecule has 5 aromatic heterocycles. The second-order valence-corrected chi connectivity index (χ2v) is 22.4. The first-order chi connectivity index (χ1) is 34.6. The maximum Gasteiger partial charge on any atom is 0.410 e. The molecule has 402 valence electrons. The molecule has 23 nitrogen and oxygen atoms in total. The van der Waals surface area contributed by atoms with Gasteiger partial charge >= 0.3 is 24.2 Å². The Morgan fingerprint density at radius 2 is 1.07 bits per heavy atom. The SMILES string of the molecule is CC(C)(C)OC(=O)N1CCC(N)CC1.CC(C)c1cnn2c(-n3cncn3)nc(OC3CCN(C)CC3)nc12.CC(C)c1cnn2c(NC3CCN(C(=O)OC(C)(C)C)CC3)nc(OC3CCN(C)CC3)nc12. The Kier molecular flexibility index (Phi) is 18.0. The van der Waals surface area contributed by atoms with Crippen molar-refractivity contribution < 1.29 is 28.5 Å². The molecule has 5 aromatic rings. The first kappa shape index (κ1) is 54.8. The van der Waals surface area contributed by atoms with Crippen molar-refractivity contribution in [2.75, 3.05) is 71.8 Å². The maximum atomic E-state index is 12.4. The van der Waals surface area contributed by atoms with E-state index >= 15 is 0 Å². The van der Waals surface area contributed by atoms with E-state index in [4.69, 9.17) is 34.6 Å². The second kappa shape index (κ2) is 23.9. The molecular weight excluding hydrogens is 935 g/mol. The van der Waals surface area contributed by atoms with Gasteiger partial charge in [-0.15, -0.1) is 0 Å². The van der Waals surface area contributed by atoms with Gasteiger partial charge in [-0.25, -0.2) is 14.6 Å². The van der Waals surface area contributed by atoms with Gasteiger partial charge in [-0.05, 0) is 119 Å². The van der Waals surface area contributed by atoms with Crippen LogP contribution in [0.25, 0.3) is 17.2 Å². The number of nitrogens with one attached hydrogen (secondary N) is 1. The number of rotatable bonds is 9. The molecule has 0 unspecified atom stereocenters. The van der Waals surface area contributed by atoms with Crippen LogP contribution in [0, 0.1) is 0 Å². The standard InChI is InChI=1S/C24H39N7O3.C16H22N8O.C10H20N2O2/c1-16(2)19-15-25-31-20(19)27-22(33-18-9-11-29(6)12-10-18)28-21(31)26-17-7-13-30(14-8-17)23(32)34-24(3,4)5;1-11(2)13-8-18-24-14(13)20-15(21-16(24)23-10-17-9-19-23)25-12-4-6-22(3)7-5-12;1-10(2,3)14-9(13)12-6-4-8(11)5-7-12/h15-18H,7-14H2,1-6H3,(H,26,27,28);8-12H,4-7H2,1-3H3;8H,4-7,11H2,1-3H3. The van der Waals surface area contributed by atoms with Crippen molar-refractivity contribution in [3.63, 3.8) is 0 Å². The lowest BCUT2D eigenvalue weighted by Gasteiger charge is -2.33. The molecule has 0 radical (unpaired) electrons. The number of aromatic nitrogens is 11. The molecule has 0 atom stereocenters. The average molecular weight is 1020 g/mol. The summed E-state index contributed by atoms with van der Waals surface area (Å²) < 4.78 is 28.2. The van der Waals surface area contributed by atoms with Crippen LogP contribution in [0.5, 0.6) is 12.0 Å². The predicted octanol–water partition coefficient (Wildman–Crippen LogP) is 6.18. The zero-order valence-corrected chi connectivity index (χ0v) is 45.3. The molecule has 0 aliphatic carbocycles. The molecule has 4 saturated heterocycles. The summed E-state index contributed by atoms with van der Waals surface area (Å²) in [6.07, 6.45) is 13.8. The third-order valence-electron chi connectivity index (χ3n) is 13.1. The summed E-state index contributed by atoms with van der Waals surface area (Å²) in [5, 5.41) is 16.7. The largest absolute Gasteiger partial charge is 0.460 e. The van der Waals surface area contributed by atoms with Crippen molar-refractivity contribution in [1.29, 1.82) is 0 Å². The highest BCUT2D eigenvalue weighted by Gasteiger charge is 2.30. The molecule has 0 aromatic carbocycles. The van der Waals surface area contributed by atoms with Gasteiger partial charge in [-0.2, -0.15) is 48.9 Å². The normalized spacial score (nSPS) is 18.4. The van der Waals surface area contributed by atoms with Gasteiger partial charge in [0.2, 0.25) is 5.95 Å². The first-order valence-electron chi connectivity index (χ1n) is 26.1. The van der Waals surface area contributed by atoms with Crippen LogP contribution in [0.2, 0.25) is 0 Å². The van der Waals surface area contributed by atoms with Crippen molar-refractivity contribution >= 4 is 29.4 Å². The minimum absolute atomic E-state index is 0.119. The van der Waals surface area contributed by atoms with Crippen LogP contribution >= 0.6 is 0 Å². The topological polar surface area (TPSA) is 239 Å². The summed E-state index contributed by atoms with van der Waals surface area (Å²) >= 11 is 0. The molecular formula is C50H81N17O6. The van der Waals surface area contributed by atoms with E-state index in [2.05, 4.69) is 87.2 Å². The van der Waals surface area contributed by atoms with Crippen molar-refractivity contribution in [2.24, 2.45) is 5.73 Å². The zero-order chi connectivity index (χ0) is 52.6. The maximum absolute atomic E-state index is 12.4. The number of nitrogens with zero attached hydrogens (tertiary/aromatic N) is 15. The predicted molar refractivity (Wildman–Crippen MR) is 276 cm³/mol. The lowest BCUT2D eigenvalue weighted by Crippen LogP contribution is -2.44. The third-order valence-corrected chi connectivity index (χ3v) is 13.1. The first-order valence-corrected chi connectivity index (χ1v) is 26.1. The van der Waals surface area contributed by atoms with Crippen LogP contribution in [-0.4, -0.2) is 188 Å². The number of nitrogens with two attached hydrogens (primary N) is 1. The van der Waals surface area contributed by atoms with Crippen LogP contribution in [0.4, 0.5) is 15.5 Å². The second-order valence-electron chi connectivity index (χ2n) is 22.4. The number of ether oxygens (including phenoxy) is 4. The van der Waals surface area contributed by atoms with Crippen LogP contribution in [0.3, 0.4) is 0 Å². The number of amides is 2. The molecule has 9 rings (SSSR count). The molecule has 4 fully saturated rings. The van der Waals surface area contributed by atoms with Gasteiger partial charge in [-0.3, -0.25) is 0 Å². The molecule has 3 N–H and O–H groups in total. The Labute approximate surface area is 429 Å². The Bertz CT molecular complexity index is 2540. The number of fused-ring (bicyclic) bond motifs is 2. The minimum atomic E-state index is -0.489. The highest BCUT2D eigenvalue weighted by Crippen LogP contribution is 2.27. The molecule has 4 aliphatic heterocycles. The van der Waals surface area contributed by atoms with Gasteiger partial charge in [0.15, 0.2) is 11.3 Å². The lowest BCUT2D eigenvalue weighted by molar-refractivity contribution is 0.0197. The van der Waals surface area contributed by atoms with E-state index in [0.29, 0.717) is 42.9 Å². The van der Waals surface area contributed by atoms with Crippen LogP contribution < -0.4 is 20.5 Å². The van der Waals surface area contributed by atoms with E-state index in [1.807, 2.05) is 53.9 Å². The number of anilines is 1. The summed E-state index contributed by atoms with van der Waals surface area (Å²) in [4.78, 5) is 54.7. The Morgan fingerprint density at radius 1 is 0.616 bits per heavy atom. The highest BCUT2D eigenvalue weighted by atomic mass is 16.6. The summed E-state index contributed by atoms with van der Waals surface area (Å²) in [5.41, 5.74) is 8.50. The molecule has 0 bridgehead atoms. The molecule has 9 heterocycles. The quantitative estimate of drug-likeness (QED) is 0.168. The van der Waals surface area contributed by atoms with Crippen molar-refractivity contribution in [1.82, 2.24) is 73.5 Å². The Balaban J connectivity index is 0.000000175. The number of hydrogen-bond acceptors (Lipinski definition) is 18. The monoisotopic (exact) mass is 1020 g/mol. The molecule has 0 spiro atoms. The van der Waals surface area contributed by atoms with E-state index in [-0.39, 0.29) is 42.4 Å². The summed E-state index contributed by atoms with van der Waals surface area (Å²) in [7, 11) is 4.26. The fourth-order valence-corrected chi connectivity index (χ4v) is 8.84. The van der Waals surface area contributed by atoms with Crippen LogP contribution in [0.1, 0.15) is 144 Å². The van der Waals surface area contributed by atoms with E-state index in [1.165, 1.54) is 6.33 Å². The smallest absolute Gasteiger partial charge is 0.410 e. The summed E-state index contributed by atoms with van der Waals surface area (Å²) in [5.74, 6) is 1.74. The van der Waals surface area contributed by atoms with Gasteiger partial charge in [0.05, 0.1) is 12.4 Å². The van der Waals surface area contributed by atoms with Crippen LogP contribution in [-0.2, 0) is 9.47 Å². The lowest BCUT2D eigenvalue weighted by atomic mass is 10.1. The third kappa shape index (κ3) is 15.3. The van der Waals surface area contributed by atoms with Crippen molar-refractivity contribution in [3.8, 4) is 18.0 Å². The molecule has 2 amide bonds. The fourth-order valence-electron chi connectivity index (χ4n) is 8.84. The summed E-state index contributed by atoms with van der Waals surface area (Å²) in [6.45, 7) is 26.6. The molecule has 4 aliphatic rings. The van der Waals surface area contributed by atoms with Crippen molar-refractivity contribution in [2.45, 2.75) is 168 Å². The molecule has 0 saturated carbocycles. The average Bonchev–Trinajstić information content (AvgIpc) is 4.12. The Hall–Kier alpha value is -5.94. The highest BCUT2D eigenvalue weighted by molar-refractivity contribution is 5.68. The number of carbonyl (C=O) groups excluding carboxylic acids is 2. The molecule has 73 heavy (non-hydrogen) atoms.